The van der Waals surface area contributed by atoms with Gasteiger partial charge in [-0.1, -0.05) is 0 Å². The molecular formula is C16H15N5OS. The Morgan fingerprint density at radius 2 is 2.17 bits per heavy atom. The average molecular weight is 325 g/mol. The fourth-order valence-corrected chi connectivity index (χ4v) is 3.23. The van der Waals surface area contributed by atoms with Gasteiger partial charge in [0.05, 0.1) is 18.2 Å². The van der Waals surface area contributed by atoms with E-state index in [0.29, 0.717) is 6.54 Å². The molecule has 4 rings (SSSR count). The lowest BCUT2D eigenvalue weighted by Crippen LogP contribution is -2.02. The number of aryl methyl sites for hydroxylation is 1. The van der Waals surface area contributed by atoms with E-state index in [4.69, 9.17) is 4.42 Å². The lowest BCUT2D eigenvalue weighted by Gasteiger charge is -2.06. The molecule has 4 heterocycles. The fourth-order valence-electron chi connectivity index (χ4n) is 2.70. The van der Waals surface area contributed by atoms with Gasteiger partial charge < -0.3 is 14.3 Å². The van der Waals surface area contributed by atoms with Crippen LogP contribution in [0.1, 0.15) is 17.0 Å². The first-order chi connectivity index (χ1) is 11.2. The van der Waals surface area contributed by atoms with Crippen LogP contribution in [0.2, 0.25) is 0 Å². The summed E-state index contributed by atoms with van der Waals surface area (Å²) in [6.07, 6.45) is 5.04. The maximum atomic E-state index is 5.48. The molecule has 0 radical (unpaired) electrons. The molecule has 0 saturated carbocycles. The third kappa shape index (κ3) is 2.39. The summed E-state index contributed by atoms with van der Waals surface area (Å²) in [7, 11) is 0. The minimum atomic E-state index is 0.650. The molecule has 0 atom stereocenters. The summed E-state index contributed by atoms with van der Waals surface area (Å²) in [4.78, 5) is 13.2. The van der Waals surface area contributed by atoms with Gasteiger partial charge in [0.15, 0.2) is 5.13 Å². The molecule has 0 aliphatic heterocycles. The largest absolute Gasteiger partial charge is 0.467 e. The van der Waals surface area contributed by atoms with E-state index in [1.807, 2.05) is 17.5 Å². The van der Waals surface area contributed by atoms with E-state index in [1.54, 1.807) is 30.1 Å². The molecular weight excluding hydrogens is 310 g/mol. The van der Waals surface area contributed by atoms with Crippen molar-refractivity contribution in [2.75, 3.05) is 5.32 Å². The Bertz CT molecular complexity index is 941. The Morgan fingerprint density at radius 1 is 1.26 bits per heavy atom. The van der Waals surface area contributed by atoms with E-state index in [1.165, 1.54) is 0 Å². The normalized spacial score (nSPS) is 11.2. The predicted octanol–water partition coefficient (Wildman–Crippen LogP) is 3.89. The first-order valence-electron chi connectivity index (χ1n) is 7.23. The van der Waals surface area contributed by atoms with Gasteiger partial charge in [0.2, 0.25) is 0 Å². The van der Waals surface area contributed by atoms with Crippen LogP contribution < -0.4 is 5.32 Å². The molecule has 4 aromatic rings. The molecule has 0 bridgehead atoms. The van der Waals surface area contributed by atoms with Crippen molar-refractivity contribution in [3.05, 3.63) is 53.3 Å². The van der Waals surface area contributed by atoms with Gasteiger partial charge in [-0.15, -0.1) is 11.3 Å². The number of fused-ring (bicyclic) bond motifs is 1. The third-order valence-corrected chi connectivity index (χ3v) is 4.65. The summed E-state index contributed by atoms with van der Waals surface area (Å²) < 4.78 is 7.63. The molecule has 7 heteroatoms. The highest BCUT2D eigenvalue weighted by atomic mass is 32.1. The van der Waals surface area contributed by atoms with E-state index in [9.17, 15) is 0 Å². The smallest absolute Gasteiger partial charge is 0.188 e. The molecule has 4 aromatic heterocycles. The van der Waals surface area contributed by atoms with Gasteiger partial charge >= 0.3 is 0 Å². The van der Waals surface area contributed by atoms with Crippen molar-refractivity contribution in [3.63, 3.8) is 0 Å². The van der Waals surface area contributed by atoms with Crippen molar-refractivity contribution < 1.29 is 4.42 Å². The molecule has 0 amide bonds. The Balaban J connectivity index is 1.84. The molecule has 0 saturated heterocycles. The monoisotopic (exact) mass is 325 g/mol. The number of aromatic nitrogens is 4. The summed E-state index contributed by atoms with van der Waals surface area (Å²) in [6.45, 7) is 4.83. The van der Waals surface area contributed by atoms with Gasteiger partial charge in [-0.05, 0) is 31.5 Å². The number of rotatable bonds is 4. The molecule has 0 fully saturated rings. The minimum absolute atomic E-state index is 0.650. The highest BCUT2D eigenvalue weighted by Crippen LogP contribution is 2.31. The Labute approximate surface area is 136 Å². The zero-order valence-corrected chi connectivity index (χ0v) is 13.6. The molecule has 116 valence electrons. The summed E-state index contributed by atoms with van der Waals surface area (Å²) in [5.74, 6) is 1.68. The molecule has 6 nitrogen and oxygen atoms in total. The van der Waals surface area contributed by atoms with Crippen molar-refractivity contribution in [2.24, 2.45) is 0 Å². The van der Waals surface area contributed by atoms with Crippen LogP contribution in [0.25, 0.3) is 11.0 Å². The number of nitrogens with zero attached hydrogens (tertiary/aromatic N) is 4. The second-order valence-corrected chi connectivity index (χ2v) is 6.15. The van der Waals surface area contributed by atoms with E-state index >= 15 is 0 Å². The summed E-state index contributed by atoms with van der Waals surface area (Å²) in [5, 5.41) is 7.06. The van der Waals surface area contributed by atoms with Crippen LogP contribution in [0.4, 0.5) is 10.9 Å². The minimum Gasteiger partial charge on any atom is -0.467 e. The number of furan rings is 1. The van der Waals surface area contributed by atoms with E-state index in [2.05, 4.69) is 38.7 Å². The summed E-state index contributed by atoms with van der Waals surface area (Å²) in [6, 6.07) is 3.87. The van der Waals surface area contributed by atoms with Crippen LogP contribution in [0.3, 0.4) is 0 Å². The topological polar surface area (TPSA) is 68.8 Å². The molecule has 23 heavy (non-hydrogen) atoms. The number of thiazole rings is 1. The molecule has 0 spiro atoms. The number of nitrogens with one attached hydrogen (secondary N) is 1. The van der Waals surface area contributed by atoms with E-state index < -0.39 is 0 Å². The first kappa shape index (κ1) is 14.0. The van der Waals surface area contributed by atoms with Crippen LogP contribution in [-0.2, 0) is 6.54 Å². The van der Waals surface area contributed by atoms with Crippen LogP contribution >= 0.6 is 11.3 Å². The van der Waals surface area contributed by atoms with Crippen LogP contribution in [-0.4, -0.2) is 19.5 Å². The molecule has 0 aliphatic carbocycles. The van der Waals surface area contributed by atoms with Crippen LogP contribution in [0.15, 0.2) is 40.7 Å². The summed E-state index contributed by atoms with van der Waals surface area (Å²) in [5.41, 5.74) is 3.20. The zero-order valence-electron chi connectivity index (χ0n) is 12.8. The van der Waals surface area contributed by atoms with Crippen molar-refractivity contribution in [1.29, 1.82) is 0 Å². The quantitative estimate of drug-likeness (QED) is 0.616. The maximum absolute atomic E-state index is 5.48. The Morgan fingerprint density at radius 3 is 2.91 bits per heavy atom. The van der Waals surface area contributed by atoms with Crippen LogP contribution in [0.5, 0.6) is 0 Å². The standard InChI is InChI=1S/C16H15N5OS/c1-10-11(2)21(8-12-4-3-6-22-12)15-13(10)14(18-9-19-15)20-16-17-5-7-23-16/h3-7,9H,8H2,1-2H3,(H,17,18,19,20). The van der Waals surface area contributed by atoms with E-state index in [-0.39, 0.29) is 0 Å². The van der Waals surface area contributed by atoms with Gasteiger partial charge in [0.25, 0.3) is 0 Å². The highest BCUT2D eigenvalue weighted by Gasteiger charge is 2.17. The third-order valence-electron chi connectivity index (χ3n) is 3.96. The lowest BCUT2D eigenvalue weighted by atomic mass is 10.2. The molecule has 0 unspecified atom stereocenters. The second-order valence-electron chi connectivity index (χ2n) is 5.26. The average Bonchev–Trinajstić information content (AvgIpc) is 3.28. The maximum Gasteiger partial charge on any atom is 0.188 e. The number of anilines is 2. The first-order valence-corrected chi connectivity index (χ1v) is 8.11. The fraction of sp³-hybridized carbons (Fsp3) is 0.188. The SMILES string of the molecule is Cc1c(C)n(Cc2ccco2)c2ncnc(Nc3nccs3)c12. The lowest BCUT2D eigenvalue weighted by molar-refractivity contribution is 0.494. The van der Waals surface area contributed by atoms with E-state index in [0.717, 1.165) is 39.0 Å². The van der Waals surface area contributed by atoms with Crippen molar-refractivity contribution in [2.45, 2.75) is 20.4 Å². The second kappa shape index (κ2) is 5.51. The van der Waals surface area contributed by atoms with Crippen LogP contribution in [0, 0.1) is 13.8 Å². The highest BCUT2D eigenvalue weighted by molar-refractivity contribution is 7.13. The van der Waals surface area contributed by atoms with Gasteiger partial charge in [-0.3, -0.25) is 0 Å². The Kier molecular flexibility index (Phi) is 3.34. The van der Waals surface area contributed by atoms with Crippen molar-refractivity contribution in [3.8, 4) is 0 Å². The molecule has 0 aromatic carbocycles. The van der Waals surface area contributed by atoms with Crippen molar-refractivity contribution >= 4 is 33.3 Å². The summed E-state index contributed by atoms with van der Waals surface area (Å²) >= 11 is 1.54. The molecule has 0 aliphatic rings. The van der Waals surface area contributed by atoms with Gasteiger partial charge in [-0.2, -0.15) is 0 Å². The zero-order chi connectivity index (χ0) is 15.8. The number of hydrogen-bond acceptors (Lipinski definition) is 6. The van der Waals surface area contributed by atoms with Gasteiger partial charge in [0.1, 0.15) is 23.6 Å². The van der Waals surface area contributed by atoms with Crippen molar-refractivity contribution in [1.82, 2.24) is 19.5 Å². The molecule has 1 N–H and O–H groups in total. The van der Waals surface area contributed by atoms with Gasteiger partial charge in [0, 0.05) is 17.3 Å². The Hall–Kier alpha value is -2.67. The predicted molar refractivity (Wildman–Crippen MR) is 90.2 cm³/mol. The number of hydrogen-bond donors (Lipinski definition) is 1. The van der Waals surface area contributed by atoms with Gasteiger partial charge in [-0.25, -0.2) is 15.0 Å².